The van der Waals surface area contributed by atoms with Crippen molar-refractivity contribution in [3.63, 3.8) is 0 Å². The summed E-state index contributed by atoms with van der Waals surface area (Å²) >= 11 is 0. The van der Waals surface area contributed by atoms with E-state index in [1.54, 1.807) is 7.11 Å². The maximum absolute atomic E-state index is 5.38. The molecule has 1 unspecified atom stereocenters. The van der Waals surface area contributed by atoms with Crippen LogP contribution in [0.2, 0.25) is 0 Å². The Balaban J connectivity index is 2.78. The maximum Gasteiger partial charge on any atom is 0.122 e. The van der Waals surface area contributed by atoms with Crippen LogP contribution in [-0.4, -0.2) is 7.11 Å². The first-order valence-corrected chi connectivity index (χ1v) is 5.97. The van der Waals surface area contributed by atoms with Gasteiger partial charge in [0, 0.05) is 0 Å². The van der Waals surface area contributed by atoms with Crippen LogP contribution in [-0.2, 0) is 6.42 Å². The molecule has 16 heavy (non-hydrogen) atoms. The van der Waals surface area contributed by atoms with Gasteiger partial charge in [-0.25, -0.2) is 0 Å². The molecule has 0 saturated heterocycles. The van der Waals surface area contributed by atoms with E-state index in [1.807, 2.05) is 0 Å². The third-order valence-electron chi connectivity index (χ3n) is 2.68. The number of hydrogen-bond acceptors (Lipinski definition) is 1. The molecule has 1 aromatic carbocycles. The SMILES string of the molecule is CC/C=C\C(C)Cc1cc(C)ccc1OC. The molecule has 0 saturated carbocycles. The summed E-state index contributed by atoms with van der Waals surface area (Å²) < 4.78 is 5.38. The fraction of sp³-hybridized carbons (Fsp3) is 0.467. The summed E-state index contributed by atoms with van der Waals surface area (Å²) in [5.74, 6) is 1.57. The van der Waals surface area contributed by atoms with Gasteiger partial charge in [0.2, 0.25) is 0 Å². The van der Waals surface area contributed by atoms with Gasteiger partial charge in [0.05, 0.1) is 7.11 Å². The van der Waals surface area contributed by atoms with Gasteiger partial charge in [-0.05, 0) is 37.3 Å². The lowest BCUT2D eigenvalue weighted by Crippen LogP contribution is -1.99. The third-order valence-corrected chi connectivity index (χ3v) is 2.68. The van der Waals surface area contributed by atoms with E-state index in [4.69, 9.17) is 4.74 Å². The fourth-order valence-electron chi connectivity index (χ4n) is 1.85. The van der Waals surface area contributed by atoms with Crippen LogP contribution >= 0.6 is 0 Å². The highest BCUT2D eigenvalue weighted by Gasteiger charge is 2.06. The Labute approximate surface area is 99.1 Å². The molecule has 0 aromatic heterocycles. The van der Waals surface area contributed by atoms with Crippen molar-refractivity contribution in [3.05, 3.63) is 41.5 Å². The lowest BCUT2D eigenvalue weighted by molar-refractivity contribution is 0.407. The van der Waals surface area contributed by atoms with E-state index in [-0.39, 0.29) is 0 Å². The Morgan fingerprint density at radius 2 is 2.12 bits per heavy atom. The third kappa shape index (κ3) is 3.73. The fourth-order valence-corrected chi connectivity index (χ4v) is 1.85. The summed E-state index contributed by atoms with van der Waals surface area (Å²) in [6.07, 6.45) is 6.66. The van der Waals surface area contributed by atoms with Crippen LogP contribution in [0.5, 0.6) is 5.75 Å². The Kier molecular flexibility index (Phi) is 5.10. The van der Waals surface area contributed by atoms with E-state index in [0.717, 1.165) is 18.6 Å². The van der Waals surface area contributed by atoms with Gasteiger partial charge in [0.25, 0.3) is 0 Å². The number of hydrogen-bond donors (Lipinski definition) is 0. The first-order chi connectivity index (χ1) is 7.67. The number of aryl methyl sites for hydroxylation is 1. The van der Waals surface area contributed by atoms with Gasteiger partial charge < -0.3 is 4.74 Å². The van der Waals surface area contributed by atoms with E-state index in [1.165, 1.54) is 11.1 Å². The molecule has 1 heteroatoms. The summed E-state index contributed by atoms with van der Waals surface area (Å²) in [4.78, 5) is 0. The van der Waals surface area contributed by atoms with E-state index in [0.29, 0.717) is 5.92 Å². The predicted octanol–water partition coefficient (Wildman–Crippen LogP) is 4.15. The minimum atomic E-state index is 0.565. The largest absolute Gasteiger partial charge is 0.496 e. The Morgan fingerprint density at radius 3 is 2.75 bits per heavy atom. The summed E-state index contributed by atoms with van der Waals surface area (Å²) in [5, 5.41) is 0. The van der Waals surface area contributed by atoms with Crippen molar-refractivity contribution in [1.82, 2.24) is 0 Å². The lowest BCUT2D eigenvalue weighted by atomic mass is 9.98. The van der Waals surface area contributed by atoms with Gasteiger partial charge in [-0.3, -0.25) is 0 Å². The predicted molar refractivity (Wildman–Crippen MR) is 70.0 cm³/mol. The zero-order chi connectivity index (χ0) is 12.0. The van der Waals surface area contributed by atoms with Crippen molar-refractivity contribution in [2.75, 3.05) is 7.11 Å². The summed E-state index contributed by atoms with van der Waals surface area (Å²) in [7, 11) is 1.74. The molecule has 0 heterocycles. The van der Waals surface area contributed by atoms with Gasteiger partial charge in [-0.2, -0.15) is 0 Å². The highest BCUT2D eigenvalue weighted by Crippen LogP contribution is 2.23. The van der Waals surface area contributed by atoms with Gasteiger partial charge in [0.15, 0.2) is 0 Å². The Morgan fingerprint density at radius 1 is 1.38 bits per heavy atom. The van der Waals surface area contributed by atoms with Crippen LogP contribution < -0.4 is 4.74 Å². The second-order valence-corrected chi connectivity index (χ2v) is 4.33. The molecule has 1 rings (SSSR count). The quantitative estimate of drug-likeness (QED) is 0.675. The molecule has 0 aliphatic carbocycles. The molecule has 0 fully saturated rings. The normalized spacial score (nSPS) is 13.0. The number of rotatable bonds is 5. The van der Waals surface area contributed by atoms with Crippen molar-refractivity contribution < 1.29 is 4.74 Å². The molecule has 0 N–H and O–H groups in total. The number of benzene rings is 1. The highest BCUT2D eigenvalue weighted by molar-refractivity contribution is 5.37. The van der Waals surface area contributed by atoms with Crippen LogP contribution in [0.4, 0.5) is 0 Å². The van der Waals surface area contributed by atoms with Gasteiger partial charge in [-0.1, -0.05) is 43.7 Å². The van der Waals surface area contributed by atoms with Crippen molar-refractivity contribution in [1.29, 1.82) is 0 Å². The summed E-state index contributed by atoms with van der Waals surface area (Å²) in [6.45, 7) is 6.53. The minimum absolute atomic E-state index is 0.565. The maximum atomic E-state index is 5.38. The van der Waals surface area contributed by atoms with Gasteiger partial charge >= 0.3 is 0 Å². The van der Waals surface area contributed by atoms with Crippen molar-refractivity contribution >= 4 is 0 Å². The Hall–Kier alpha value is -1.24. The topological polar surface area (TPSA) is 9.23 Å². The second kappa shape index (κ2) is 6.37. The number of allylic oxidation sites excluding steroid dienone is 2. The molecule has 0 radical (unpaired) electrons. The second-order valence-electron chi connectivity index (χ2n) is 4.33. The molecule has 0 amide bonds. The zero-order valence-electron chi connectivity index (χ0n) is 10.8. The van der Waals surface area contributed by atoms with E-state index < -0.39 is 0 Å². The van der Waals surface area contributed by atoms with Gasteiger partial charge in [-0.15, -0.1) is 0 Å². The van der Waals surface area contributed by atoms with Crippen LogP contribution in [0.25, 0.3) is 0 Å². The smallest absolute Gasteiger partial charge is 0.122 e. The van der Waals surface area contributed by atoms with Crippen molar-refractivity contribution in [2.45, 2.75) is 33.6 Å². The summed E-state index contributed by atoms with van der Waals surface area (Å²) in [5.41, 5.74) is 2.60. The highest BCUT2D eigenvalue weighted by atomic mass is 16.5. The summed E-state index contributed by atoms with van der Waals surface area (Å²) in [6, 6.07) is 6.37. The molecule has 88 valence electrons. The average Bonchev–Trinajstić information content (AvgIpc) is 2.27. The van der Waals surface area contributed by atoms with E-state index in [9.17, 15) is 0 Å². The van der Waals surface area contributed by atoms with Crippen LogP contribution in [0.15, 0.2) is 30.4 Å². The van der Waals surface area contributed by atoms with E-state index in [2.05, 4.69) is 51.1 Å². The molecule has 1 atom stereocenters. The van der Waals surface area contributed by atoms with Crippen LogP contribution in [0, 0.1) is 12.8 Å². The molecular formula is C15H22O. The number of ether oxygens (including phenoxy) is 1. The molecule has 0 spiro atoms. The first-order valence-electron chi connectivity index (χ1n) is 5.97. The zero-order valence-corrected chi connectivity index (χ0v) is 10.8. The Bertz CT molecular complexity index is 352. The van der Waals surface area contributed by atoms with Crippen molar-refractivity contribution in [3.8, 4) is 5.75 Å². The molecule has 1 nitrogen and oxygen atoms in total. The number of methoxy groups -OCH3 is 1. The van der Waals surface area contributed by atoms with Crippen molar-refractivity contribution in [2.24, 2.45) is 5.92 Å². The monoisotopic (exact) mass is 218 g/mol. The average molecular weight is 218 g/mol. The van der Waals surface area contributed by atoms with Gasteiger partial charge in [0.1, 0.15) is 5.75 Å². The molecule has 0 aliphatic heterocycles. The van der Waals surface area contributed by atoms with Crippen LogP contribution in [0.1, 0.15) is 31.4 Å². The van der Waals surface area contributed by atoms with E-state index >= 15 is 0 Å². The minimum Gasteiger partial charge on any atom is -0.496 e. The standard InChI is InChI=1S/C15H22O/c1-5-6-7-12(2)10-14-11-13(3)8-9-15(14)16-4/h6-9,11-12H,5,10H2,1-4H3/b7-6-. The molecule has 0 bridgehead atoms. The lowest BCUT2D eigenvalue weighted by Gasteiger charge is -2.12. The van der Waals surface area contributed by atoms with Crippen LogP contribution in [0.3, 0.4) is 0 Å². The first kappa shape index (κ1) is 12.8. The molecule has 1 aromatic rings. The molecule has 0 aliphatic rings. The molecular weight excluding hydrogens is 196 g/mol.